The SMILES string of the molecule is COCC(=O)N1CCC2(CCCN(C(=O)c3cscn3)C2)CC1. The van der Waals surface area contributed by atoms with Crippen LogP contribution in [-0.4, -0.2) is 66.5 Å². The van der Waals surface area contributed by atoms with Crippen molar-refractivity contribution in [1.82, 2.24) is 14.8 Å². The van der Waals surface area contributed by atoms with Crippen LogP contribution in [0.4, 0.5) is 0 Å². The molecule has 23 heavy (non-hydrogen) atoms. The van der Waals surface area contributed by atoms with E-state index in [1.54, 1.807) is 12.6 Å². The molecule has 3 heterocycles. The van der Waals surface area contributed by atoms with E-state index in [1.165, 1.54) is 11.3 Å². The van der Waals surface area contributed by atoms with Crippen LogP contribution in [0.2, 0.25) is 0 Å². The Hall–Kier alpha value is -1.47. The first-order valence-corrected chi connectivity index (χ1v) is 9.02. The highest BCUT2D eigenvalue weighted by Gasteiger charge is 2.40. The lowest BCUT2D eigenvalue weighted by Crippen LogP contribution is -2.52. The van der Waals surface area contributed by atoms with Crippen LogP contribution < -0.4 is 0 Å². The molecular weight excluding hydrogens is 314 g/mol. The van der Waals surface area contributed by atoms with Gasteiger partial charge in [0.25, 0.3) is 5.91 Å². The Morgan fingerprint density at radius 2 is 2.04 bits per heavy atom. The first kappa shape index (κ1) is 16.4. The minimum atomic E-state index is 0.0446. The Bertz CT molecular complexity index is 553. The van der Waals surface area contributed by atoms with Crippen molar-refractivity contribution in [2.45, 2.75) is 25.7 Å². The summed E-state index contributed by atoms with van der Waals surface area (Å²) in [6.45, 7) is 3.28. The van der Waals surface area contributed by atoms with Gasteiger partial charge >= 0.3 is 0 Å². The Labute approximate surface area is 140 Å². The minimum absolute atomic E-state index is 0.0446. The number of carbonyl (C=O) groups is 2. The Kier molecular flexibility index (Phi) is 4.96. The van der Waals surface area contributed by atoms with E-state index >= 15 is 0 Å². The van der Waals surface area contributed by atoms with Crippen molar-refractivity contribution < 1.29 is 14.3 Å². The Morgan fingerprint density at radius 3 is 2.70 bits per heavy atom. The van der Waals surface area contributed by atoms with Crippen LogP contribution in [-0.2, 0) is 9.53 Å². The molecule has 2 aliphatic heterocycles. The molecular formula is C16H23N3O3S. The van der Waals surface area contributed by atoms with Gasteiger partial charge in [-0.3, -0.25) is 9.59 Å². The second-order valence-corrected chi connectivity index (χ2v) is 7.24. The predicted octanol–water partition coefficient (Wildman–Crippen LogP) is 1.63. The molecule has 3 rings (SSSR count). The number of aromatic nitrogens is 1. The molecule has 2 saturated heterocycles. The number of thiazole rings is 1. The van der Waals surface area contributed by atoms with Crippen molar-refractivity contribution in [2.75, 3.05) is 39.9 Å². The van der Waals surface area contributed by atoms with Crippen LogP contribution >= 0.6 is 11.3 Å². The van der Waals surface area contributed by atoms with Gasteiger partial charge in [0.1, 0.15) is 12.3 Å². The smallest absolute Gasteiger partial charge is 0.273 e. The molecule has 2 aliphatic rings. The van der Waals surface area contributed by atoms with E-state index in [4.69, 9.17) is 4.74 Å². The second-order valence-electron chi connectivity index (χ2n) is 6.52. The van der Waals surface area contributed by atoms with Gasteiger partial charge < -0.3 is 14.5 Å². The molecule has 2 fully saturated rings. The molecule has 0 unspecified atom stereocenters. The normalized spacial score (nSPS) is 20.7. The lowest BCUT2D eigenvalue weighted by molar-refractivity contribution is -0.138. The van der Waals surface area contributed by atoms with Crippen molar-refractivity contribution in [3.05, 3.63) is 16.6 Å². The highest BCUT2D eigenvalue weighted by molar-refractivity contribution is 7.07. The van der Waals surface area contributed by atoms with E-state index in [2.05, 4.69) is 4.98 Å². The first-order chi connectivity index (χ1) is 11.1. The number of ether oxygens (including phenoxy) is 1. The first-order valence-electron chi connectivity index (χ1n) is 8.08. The van der Waals surface area contributed by atoms with Gasteiger partial charge in [-0.1, -0.05) is 0 Å². The summed E-state index contributed by atoms with van der Waals surface area (Å²) in [7, 11) is 1.55. The number of nitrogens with zero attached hydrogens (tertiary/aromatic N) is 3. The summed E-state index contributed by atoms with van der Waals surface area (Å²) in [4.78, 5) is 32.4. The minimum Gasteiger partial charge on any atom is -0.375 e. The maximum atomic E-state index is 12.5. The highest BCUT2D eigenvalue weighted by atomic mass is 32.1. The van der Waals surface area contributed by atoms with Crippen molar-refractivity contribution in [3.63, 3.8) is 0 Å². The van der Waals surface area contributed by atoms with Crippen molar-refractivity contribution >= 4 is 23.2 Å². The van der Waals surface area contributed by atoms with E-state index in [0.717, 1.165) is 51.9 Å². The number of methoxy groups -OCH3 is 1. The summed E-state index contributed by atoms with van der Waals surface area (Å²) < 4.78 is 4.93. The van der Waals surface area contributed by atoms with E-state index < -0.39 is 0 Å². The third-order valence-electron chi connectivity index (χ3n) is 5.04. The van der Waals surface area contributed by atoms with E-state index in [0.29, 0.717) is 5.69 Å². The molecule has 0 aliphatic carbocycles. The summed E-state index contributed by atoms with van der Waals surface area (Å²) in [5.41, 5.74) is 2.42. The van der Waals surface area contributed by atoms with E-state index in [9.17, 15) is 9.59 Å². The second kappa shape index (κ2) is 6.97. The quantitative estimate of drug-likeness (QED) is 0.841. The zero-order valence-corrected chi connectivity index (χ0v) is 14.3. The van der Waals surface area contributed by atoms with Crippen LogP contribution in [0.1, 0.15) is 36.2 Å². The summed E-state index contributed by atoms with van der Waals surface area (Å²) in [5.74, 6) is 0.108. The number of rotatable bonds is 3. The summed E-state index contributed by atoms with van der Waals surface area (Å²) in [5, 5.41) is 1.82. The fourth-order valence-corrected chi connectivity index (χ4v) is 4.24. The molecule has 7 heteroatoms. The van der Waals surface area contributed by atoms with Gasteiger partial charge in [0, 0.05) is 38.7 Å². The van der Waals surface area contributed by atoms with Crippen molar-refractivity contribution in [2.24, 2.45) is 5.41 Å². The monoisotopic (exact) mass is 337 g/mol. The number of hydrogen-bond acceptors (Lipinski definition) is 5. The van der Waals surface area contributed by atoms with Gasteiger partial charge in [-0.15, -0.1) is 11.3 Å². The van der Waals surface area contributed by atoms with Gasteiger partial charge in [0.05, 0.1) is 5.51 Å². The highest BCUT2D eigenvalue weighted by Crippen LogP contribution is 2.40. The molecule has 1 aromatic heterocycles. The number of hydrogen-bond donors (Lipinski definition) is 0. The largest absolute Gasteiger partial charge is 0.375 e. The van der Waals surface area contributed by atoms with E-state index in [-0.39, 0.29) is 23.8 Å². The average Bonchev–Trinajstić information content (AvgIpc) is 3.09. The topological polar surface area (TPSA) is 62.7 Å². The predicted molar refractivity (Wildman–Crippen MR) is 87.4 cm³/mol. The number of piperidine rings is 2. The number of amides is 2. The summed E-state index contributed by atoms with van der Waals surface area (Å²) >= 11 is 1.45. The van der Waals surface area contributed by atoms with Gasteiger partial charge in [-0.25, -0.2) is 4.98 Å². The van der Waals surface area contributed by atoms with Crippen LogP contribution in [0.25, 0.3) is 0 Å². The Balaban J connectivity index is 1.61. The lowest BCUT2D eigenvalue weighted by atomic mass is 9.72. The molecule has 0 bridgehead atoms. The van der Waals surface area contributed by atoms with Crippen molar-refractivity contribution in [3.8, 4) is 0 Å². The maximum absolute atomic E-state index is 12.5. The standard InChI is InChI=1S/C16H23N3O3S/c1-22-9-14(20)18-7-4-16(5-8-18)3-2-6-19(11-16)15(21)13-10-23-12-17-13/h10,12H,2-9,11H2,1H3. The maximum Gasteiger partial charge on any atom is 0.273 e. The van der Waals surface area contributed by atoms with Crippen LogP contribution in [0.15, 0.2) is 10.9 Å². The van der Waals surface area contributed by atoms with Crippen molar-refractivity contribution in [1.29, 1.82) is 0 Å². The summed E-state index contributed by atoms with van der Waals surface area (Å²) in [6, 6.07) is 0. The molecule has 1 aromatic rings. The van der Waals surface area contributed by atoms with Gasteiger partial charge in [0.2, 0.25) is 5.91 Å². The average molecular weight is 337 g/mol. The molecule has 6 nitrogen and oxygen atoms in total. The van der Waals surface area contributed by atoms with Gasteiger partial charge in [-0.2, -0.15) is 0 Å². The molecule has 0 N–H and O–H groups in total. The summed E-state index contributed by atoms with van der Waals surface area (Å²) in [6.07, 6.45) is 4.09. The lowest BCUT2D eigenvalue weighted by Gasteiger charge is -2.47. The Morgan fingerprint density at radius 1 is 1.26 bits per heavy atom. The molecule has 126 valence electrons. The van der Waals surface area contributed by atoms with Gasteiger partial charge in [-0.05, 0) is 31.1 Å². The number of carbonyl (C=O) groups excluding carboxylic acids is 2. The number of likely N-dealkylation sites (tertiary alicyclic amines) is 2. The van der Waals surface area contributed by atoms with Gasteiger partial charge in [0.15, 0.2) is 0 Å². The molecule has 0 aromatic carbocycles. The molecule has 0 saturated carbocycles. The zero-order chi connectivity index (χ0) is 16.3. The third-order valence-corrected chi connectivity index (χ3v) is 5.63. The van der Waals surface area contributed by atoms with Crippen LogP contribution in [0, 0.1) is 5.41 Å². The molecule has 1 spiro atoms. The van der Waals surface area contributed by atoms with E-state index in [1.807, 2.05) is 15.2 Å². The van der Waals surface area contributed by atoms with Crippen LogP contribution in [0.5, 0.6) is 0 Å². The third kappa shape index (κ3) is 3.55. The molecule has 2 amide bonds. The van der Waals surface area contributed by atoms with Crippen LogP contribution in [0.3, 0.4) is 0 Å². The molecule has 0 radical (unpaired) electrons. The fourth-order valence-electron chi connectivity index (χ4n) is 3.71. The fraction of sp³-hybridized carbons (Fsp3) is 0.688. The molecule has 0 atom stereocenters. The zero-order valence-electron chi connectivity index (χ0n) is 13.5.